The van der Waals surface area contributed by atoms with E-state index < -0.39 is 26.8 Å². The molecule has 0 bridgehead atoms. The van der Waals surface area contributed by atoms with Gasteiger partial charge in [-0.15, -0.1) is 0 Å². The number of benzene rings is 2. The van der Waals surface area contributed by atoms with Crippen molar-refractivity contribution in [1.29, 1.82) is 0 Å². The number of hydrogen-bond donors (Lipinski definition) is 0. The van der Waals surface area contributed by atoms with Crippen LogP contribution >= 0.6 is 11.6 Å². The molecule has 1 atom stereocenters. The van der Waals surface area contributed by atoms with Crippen molar-refractivity contribution in [3.63, 3.8) is 0 Å². The van der Waals surface area contributed by atoms with E-state index in [-0.39, 0.29) is 35.8 Å². The lowest BCUT2D eigenvalue weighted by Crippen LogP contribution is -2.34. The Kier molecular flexibility index (Phi) is 5.11. The van der Waals surface area contributed by atoms with Crippen LogP contribution in [-0.2, 0) is 9.84 Å². The van der Waals surface area contributed by atoms with E-state index in [4.69, 9.17) is 11.6 Å². The van der Waals surface area contributed by atoms with Gasteiger partial charge in [-0.2, -0.15) is 0 Å². The van der Waals surface area contributed by atoms with E-state index in [0.717, 1.165) is 0 Å². The molecule has 0 saturated carbocycles. The Balaban J connectivity index is 1.87. The molecule has 1 heterocycles. The number of carbonyl (C=O) groups excluding carboxylic acids is 1. The Hall–Kier alpha value is -1.92. The fourth-order valence-electron chi connectivity index (χ4n) is 3.05. The zero-order valence-corrected chi connectivity index (χ0v) is 14.9. The molecule has 0 spiro atoms. The maximum absolute atomic E-state index is 14.0. The Labute approximate surface area is 151 Å². The molecule has 1 aliphatic heterocycles. The summed E-state index contributed by atoms with van der Waals surface area (Å²) >= 11 is 5.96. The quantitative estimate of drug-likeness (QED) is 0.800. The summed E-state index contributed by atoms with van der Waals surface area (Å²) in [6.45, 7) is 0.247. The molecular weight excluding hydrogens is 365 g/mol. The minimum absolute atomic E-state index is 0.0230. The van der Waals surface area contributed by atoms with Gasteiger partial charge >= 0.3 is 0 Å². The number of sulfone groups is 1. The van der Waals surface area contributed by atoms with Crippen LogP contribution in [-0.4, -0.2) is 38.1 Å². The molecule has 2 aromatic carbocycles. The van der Waals surface area contributed by atoms with Crippen molar-refractivity contribution < 1.29 is 17.6 Å². The zero-order valence-electron chi connectivity index (χ0n) is 13.4. The monoisotopic (exact) mass is 381 g/mol. The van der Waals surface area contributed by atoms with Crippen LogP contribution in [0.1, 0.15) is 27.6 Å². The van der Waals surface area contributed by atoms with E-state index in [1.807, 2.05) is 6.07 Å². The van der Waals surface area contributed by atoms with Crippen molar-refractivity contribution in [2.45, 2.75) is 11.7 Å². The molecule has 1 saturated heterocycles. The lowest BCUT2D eigenvalue weighted by Gasteiger charge is -2.21. The largest absolute Gasteiger partial charge is 0.337 e. The third-order valence-electron chi connectivity index (χ3n) is 4.38. The predicted molar refractivity (Wildman–Crippen MR) is 94.9 cm³/mol. The van der Waals surface area contributed by atoms with Gasteiger partial charge in [-0.1, -0.05) is 48.0 Å². The summed E-state index contributed by atoms with van der Waals surface area (Å²) in [7, 11) is -3.40. The first-order valence-electron chi connectivity index (χ1n) is 7.90. The summed E-state index contributed by atoms with van der Waals surface area (Å²) in [5.41, 5.74) is 0.500. The van der Waals surface area contributed by atoms with Crippen LogP contribution in [0, 0.1) is 5.82 Å². The number of nitrogens with zero attached hydrogens (tertiary/aromatic N) is 1. The van der Waals surface area contributed by atoms with E-state index in [1.54, 1.807) is 24.3 Å². The molecule has 7 heteroatoms. The van der Waals surface area contributed by atoms with Crippen LogP contribution in [0.25, 0.3) is 0 Å². The first-order valence-corrected chi connectivity index (χ1v) is 9.99. The zero-order chi connectivity index (χ0) is 18.0. The average Bonchev–Trinajstić information content (AvgIpc) is 2.73. The van der Waals surface area contributed by atoms with Crippen molar-refractivity contribution in [2.75, 3.05) is 18.8 Å². The predicted octanol–water partition coefficient (Wildman–Crippen LogP) is 3.48. The maximum atomic E-state index is 14.0. The van der Waals surface area contributed by atoms with Crippen LogP contribution in [0.3, 0.4) is 0 Å². The molecule has 1 amide bonds. The minimum Gasteiger partial charge on any atom is -0.337 e. The van der Waals surface area contributed by atoms with Crippen LogP contribution in [0.2, 0.25) is 5.02 Å². The average molecular weight is 382 g/mol. The highest BCUT2D eigenvalue weighted by Crippen LogP contribution is 2.30. The molecule has 132 valence electrons. The van der Waals surface area contributed by atoms with Gasteiger partial charge in [0.1, 0.15) is 5.82 Å². The van der Waals surface area contributed by atoms with E-state index >= 15 is 0 Å². The van der Waals surface area contributed by atoms with Crippen molar-refractivity contribution in [3.8, 4) is 0 Å². The highest BCUT2D eigenvalue weighted by atomic mass is 35.5. The Morgan fingerprint density at radius 3 is 2.48 bits per heavy atom. The highest BCUT2D eigenvalue weighted by molar-refractivity contribution is 7.91. The lowest BCUT2D eigenvalue weighted by atomic mass is 10.1. The Morgan fingerprint density at radius 1 is 1.08 bits per heavy atom. The lowest BCUT2D eigenvalue weighted by molar-refractivity contribution is 0.0762. The van der Waals surface area contributed by atoms with Crippen molar-refractivity contribution >= 4 is 27.3 Å². The smallest absolute Gasteiger partial charge is 0.258 e. The third kappa shape index (κ3) is 3.70. The topological polar surface area (TPSA) is 54.5 Å². The SMILES string of the molecule is O=C(c1c(F)cccc1Cl)N1CCC(c2ccccc2)S(=O)(=O)CC1. The minimum atomic E-state index is -3.40. The molecule has 1 fully saturated rings. The normalized spacial score (nSPS) is 20.1. The molecule has 2 aromatic rings. The molecule has 4 nitrogen and oxygen atoms in total. The highest BCUT2D eigenvalue weighted by Gasteiger charge is 2.33. The second kappa shape index (κ2) is 7.14. The van der Waals surface area contributed by atoms with Gasteiger partial charge in [-0.05, 0) is 24.1 Å². The fraction of sp³-hybridized carbons (Fsp3) is 0.278. The molecule has 0 aromatic heterocycles. The number of amides is 1. The molecule has 1 aliphatic rings. The van der Waals surface area contributed by atoms with Crippen molar-refractivity contribution in [3.05, 3.63) is 70.5 Å². The molecule has 0 N–H and O–H groups in total. The van der Waals surface area contributed by atoms with Crippen LogP contribution in [0.5, 0.6) is 0 Å². The summed E-state index contributed by atoms with van der Waals surface area (Å²) in [6, 6.07) is 13.0. The molecule has 1 unspecified atom stereocenters. The molecule has 25 heavy (non-hydrogen) atoms. The Bertz CT molecular complexity index is 866. The van der Waals surface area contributed by atoms with Gasteiger partial charge < -0.3 is 4.90 Å². The standard InChI is InChI=1S/C18H17ClFNO3S/c19-14-7-4-8-15(20)17(14)18(22)21-10-9-16(25(23,24)12-11-21)13-5-2-1-3-6-13/h1-8,16H,9-12H2. The first-order chi connectivity index (χ1) is 11.9. The summed E-state index contributed by atoms with van der Waals surface area (Å²) in [4.78, 5) is 14.0. The number of carbonyl (C=O) groups is 1. The second-order valence-electron chi connectivity index (χ2n) is 5.94. The van der Waals surface area contributed by atoms with Gasteiger partial charge in [-0.25, -0.2) is 12.8 Å². The fourth-order valence-corrected chi connectivity index (χ4v) is 5.09. The van der Waals surface area contributed by atoms with E-state index in [2.05, 4.69) is 0 Å². The molecule has 3 rings (SSSR count). The molecular formula is C18H17ClFNO3S. The van der Waals surface area contributed by atoms with Gasteiger partial charge in [0.15, 0.2) is 9.84 Å². The molecule has 0 radical (unpaired) electrons. The third-order valence-corrected chi connectivity index (χ3v) is 6.82. The van der Waals surface area contributed by atoms with Crippen LogP contribution in [0.15, 0.2) is 48.5 Å². The molecule has 0 aliphatic carbocycles. The number of halogens is 2. The van der Waals surface area contributed by atoms with E-state index in [9.17, 15) is 17.6 Å². The number of hydrogen-bond acceptors (Lipinski definition) is 3. The van der Waals surface area contributed by atoms with E-state index in [0.29, 0.717) is 5.56 Å². The Morgan fingerprint density at radius 2 is 1.80 bits per heavy atom. The van der Waals surface area contributed by atoms with Crippen LogP contribution in [0.4, 0.5) is 4.39 Å². The summed E-state index contributed by atoms with van der Waals surface area (Å²) < 4.78 is 39.2. The van der Waals surface area contributed by atoms with Crippen molar-refractivity contribution in [2.24, 2.45) is 0 Å². The maximum Gasteiger partial charge on any atom is 0.258 e. The summed E-state index contributed by atoms with van der Waals surface area (Å²) in [5.74, 6) is -1.44. The number of rotatable bonds is 2. The van der Waals surface area contributed by atoms with Crippen LogP contribution < -0.4 is 0 Å². The summed E-state index contributed by atoms with van der Waals surface area (Å²) in [5, 5.41) is -0.640. The van der Waals surface area contributed by atoms with Gasteiger partial charge in [0, 0.05) is 13.1 Å². The second-order valence-corrected chi connectivity index (χ2v) is 8.65. The van der Waals surface area contributed by atoms with Crippen molar-refractivity contribution in [1.82, 2.24) is 4.90 Å². The first kappa shape index (κ1) is 17.9. The van der Waals surface area contributed by atoms with Gasteiger partial charge in [0.05, 0.1) is 21.6 Å². The van der Waals surface area contributed by atoms with E-state index in [1.165, 1.54) is 23.1 Å². The summed E-state index contributed by atoms with van der Waals surface area (Å²) in [6.07, 6.45) is 0.268. The van der Waals surface area contributed by atoms with Gasteiger partial charge in [0.2, 0.25) is 0 Å². The van der Waals surface area contributed by atoms with Gasteiger partial charge in [-0.3, -0.25) is 4.79 Å². The van der Waals surface area contributed by atoms with Gasteiger partial charge in [0.25, 0.3) is 5.91 Å².